The van der Waals surface area contributed by atoms with E-state index >= 15 is 0 Å². The average molecular weight is 378 g/mol. The summed E-state index contributed by atoms with van der Waals surface area (Å²) < 4.78 is 5.32. The van der Waals surface area contributed by atoms with Crippen LogP contribution in [0.15, 0.2) is 0 Å². The molecule has 0 aromatic carbocycles. The molecule has 1 aliphatic heterocycles. The first-order chi connectivity index (χ1) is 11.3. The molecular formula is C19H40ClN3O2. The standard InChI is InChI=1S/C19H39N3O2.ClH/c1-16(2)13-21(14-17(3)4)8-7-20-9-11-22(12-10-20)19(23)24-15-18(5)6;/h16-18H,7-15H2,1-6H3;1H. The maximum atomic E-state index is 12.0. The third kappa shape index (κ3) is 10.9. The highest BCUT2D eigenvalue weighted by atomic mass is 35.5. The van der Waals surface area contributed by atoms with Crippen LogP contribution in [0.4, 0.5) is 4.79 Å². The third-order valence-corrected chi connectivity index (χ3v) is 4.15. The number of halogens is 1. The molecule has 0 saturated carbocycles. The normalized spacial score (nSPS) is 16.0. The Labute approximate surface area is 161 Å². The van der Waals surface area contributed by atoms with E-state index in [0.29, 0.717) is 24.4 Å². The lowest BCUT2D eigenvalue weighted by Gasteiger charge is -2.36. The van der Waals surface area contributed by atoms with E-state index in [0.717, 1.165) is 39.3 Å². The summed E-state index contributed by atoms with van der Waals surface area (Å²) in [4.78, 5) is 18.9. The van der Waals surface area contributed by atoms with Crippen LogP contribution in [0.2, 0.25) is 0 Å². The van der Waals surface area contributed by atoms with Crippen molar-refractivity contribution in [1.29, 1.82) is 0 Å². The molecule has 0 radical (unpaired) electrons. The van der Waals surface area contributed by atoms with Crippen LogP contribution in [0.1, 0.15) is 41.5 Å². The molecule has 1 amide bonds. The Bertz CT molecular complexity index is 347. The summed E-state index contributed by atoms with van der Waals surface area (Å²) in [7, 11) is 0. The van der Waals surface area contributed by atoms with Crippen LogP contribution in [0.3, 0.4) is 0 Å². The van der Waals surface area contributed by atoms with Gasteiger partial charge in [0, 0.05) is 52.4 Å². The minimum absolute atomic E-state index is 0. The van der Waals surface area contributed by atoms with E-state index in [4.69, 9.17) is 4.74 Å². The highest BCUT2D eigenvalue weighted by Crippen LogP contribution is 2.07. The lowest BCUT2D eigenvalue weighted by atomic mass is 10.1. The lowest BCUT2D eigenvalue weighted by molar-refractivity contribution is 0.0656. The van der Waals surface area contributed by atoms with Crippen LogP contribution in [-0.4, -0.2) is 79.8 Å². The maximum absolute atomic E-state index is 12.0. The molecule has 0 N–H and O–H groups in total. The van der Waals surface area contributed by atoms with Crippen LogP contribution >= 0.6 is 12.4 Å². The highest BCUT2D eigenvalue weighted by molar-refractivity contribution is 5.85. The molecule has 0 aliphatic carbocycles. The van der Waals surface area contributed by atoms with Crippen molar-refractivity contribution in [2.45, 2.75) is 41.5 Å². The van der Waals surface area contributed by atoms with Crippen molar-refractivity contribution in [2.24, 2.45) is 17.8 Å². The molecule has 0 aromatic heterocycles. The zero-order chi connectivity index (χ0) is 18.1. The Morgan fingerprint density at radius 2 is 1.44 bits per heavy atom. The zero-order valence-corrected chi connectivity index (χ0v) is 18.0. The van der Waals surface area contributed by atoms with Gasteiger partial charge in [0.2, 0.25) is 0 Å². The fourth-order valence-corrected chi connectivity index (χ4v) is 3.06. The van der Waals surface area contributed by atoms with E-state index in [2.05, 4.69) is 51.3 Å². The predicted molar refractivity (Wildman–Crippen MR) is 108 cm³/mol. The third-order valence-electron chi connectivity index (χ3n) is 4.15. The second-order valence-corrected chi connectivity index (χ2v) is 8.35. The minimum atomic E-state index is -0.149. The van der Waals surface area contributed by atoms with Gasteiger partial charge in [-0.1, -0.05) is 41.5 Å². The van der Waals surface area contributed by atoms with E-state index < -0.39 is 0 Å². The van der Waals surface area contributed by atoms with Crippen molar-refractivity contribution in [3.63, 3.8) is 0 Å². The van der Waals surface area contributed by atoms with Gasteiger partial charge in [-0.25, -0.2) is 4.79 Å². The summed E-state index contributed by atoms with van der Waals surface area (Å²) in [6.07, 6.45) is -0.149. The quantitative estimate of drug-likeness (QED) is 0.616. The van der Waals surface area contributed by atoms with Crippen LogP contribution in [0, 0.1) is 17.8 Å². The number of amides is 1. The maximum Gasteiger partial charge on any atom is 0.409 e. The van der Waals surface area contributed by atoms with Gasteiger partial charge >= 0.3 is 6.09 Å². The summed E-state index contributed by atoms with van der Waals surface area (Å²) in [5.74, 6) is 1.80. The number of hydrogen-bond acceptors (Lipinski definition) is 4. The molecule has 1 aliphatic rings. The van der Waals surface area contributed by atoms with Gasteiger partial charge in [-0.2, -0.15) is 0 Å². The summed E-state index contributed by atoms with van der Waals surface area (Å²) in [6, 6.07) is 0. The number of nitrogens with zero attached hydrogens (tertiary/aromatic N) is 3. The first-order valence-electron chi connectivity index (χ1n) is 9.64. The van der Waals surface area contributed by atoms with Crippen molar-refractivity contribution < 1.29 is 9.53 Å². The molecule has 5 nitrogen and oxygen atoms in total. The largest absolute Gasteiger partial charge is 0.449 e. The molecule has 0 atom stereocenters. The number of hydrogen-bond donors (Lipinski definition) is 0. The Morgan fingerprint density at radius 1 is 0.920 bits per heavy atom. The number of carbonyl (C=O) groups excluding carboxylic acids is 1. The van der Waals surface area contributed by atoms with Gasteiger partial charge in [-0.3, -0.25) is 4.90 Å². The molecule has 0 bridgehead atoms. The van der Waals surface area contributed by atoms with Crippen molar-refractivity contribution in [3.8, 4) is 0 Å². The first-order valence-corrected chi connectivity index (χ1v) is 9.64. The molecule has 0 aromatic rings. The lowest BCUT2D eigenvalue weighted by Crippen LogP contribution is -2.50. The Hall–Kier alpha value is -0.520. The second kappa shape index (κ2) is 12.8. The predicted octanol–water partition coefficient (Wildman–Crippen LogP) is 3.43. The molecule has 1 rings (SSSR count). The number of piperazine rings is 1. The molecule has 0 unspecified atom stereocenters. The molecule has 1 heterocycles. The minimum Gasteiger partial charge on any atom is -0.449 e. The zero-order valence-electron chi connectivity index (χ0n) is 17.2. The Morgan fingerprint density at radius 3 is 1.88 bits per heavy atom. The smallest absolute Gasteiger partial charge is 0.409 e. The summed E-state index contributed by atoms with van der Waals surface area (Å²) in [5.41, 5.74) is 0. The SMILES string of the molecule is CC(C)COC(=O)N1CCN(CCN(CC(C)C)CC(C)C)CC1.Cl. The van der Waals surface area contributed by atoms with Crippen molar-refractivity contribution in [1.82, 2.24) is 14.7 Å². The van der Waals surface area contributed by atoms with Gasteiger partial charge < -0.3 is 14.5 Å². The van der Waals surface area contributed by atoms with Gasteiger partial charge in [0.15, 0.2) is 0 Å². The number of rotatable bonds is 9. The van der Waals surface area contributed by atoms with E-state index in [9.17, 15) is 4.79 Å². The highest BCUT2D eigenvalue weighted by Gasteiger charge is 2.22. The van der Waals surface area contributed by atoms with E-state index in [1.807, 2.05) is 4.90 Å². The fourth-order valence-electron chi connectivity index (χ4n) is 3.06. The Balaban J connectivity index is 0.00000576. The molecule has 1 fully saturated rings. The monoisotopic (exact) mass is 377 g/mol. The van der Waals surface area contributed by atoms with Crippen molar-refractivity contribution in [3.05, 3.63) is 0 Å². The van der Waals surface area contributed by atoms with Gasteiger partial charge in [0.1, 0.15) is 0 Å². The summed E-state index contributed by atoms with van der Waals surface area (Å²) in [6.45, 7) is 21.8. The molecule has 1 saturated heterocycles. The summed E-state index contributed by atoms with van der Waals surface area (Å²) >= 11 is 0. The van der Waals surface area contributed by atoms with Crippen LogP contribution in [0.25, 0.3) is 0 Å². The first kappa shape index (κ1) is 24.5. The van der Waals surface area contributed by atoms with Crippen molar-refractivity contribution >= 4 is 18.5 Å². The molecule has 25 heavy (non-hydrogen) atoms. The average Bonchev–Trinajstić information content (AvgIpc) is 2.49. The molecule has 0 spiro atoms. The van der Waals surface area contributed by atoms with Crippen LogP contribution < -0.4 is 0 Å². The van der Waals surface area contributed by atoms with E-state index in [-0.39, 0.29) is 18.5 Å². The van der Waals surface area contributed by atoms with Gasteiger partial charge in [0.05, 0.1) is 6.61 Å². The topological polar surface area (TPSA) is 36.0 Å². The van der Waals surface area contributed by atoms with E-state index in [1.165, 1.54) is 13.1 Å². The van der Waals surface area contributed by atoms with Crippen LogP contribution in [0.5, 0.6) is 0 Å². The van der Waals surface area contributed by atoms with Gasteiger partial charge in [-0.15, -0.1) is 12.4 Å². The Kier molecular flexibility index (Phi) is 12.5. The van der Waals surface area contributed by atoms with Crippen molar-refractivity contribution in [2.75, 3.05) is 59.0 Å². The summed E-state index contributed by atoms with van der Waals surface area (Å²) in [5, 5.41) is 0. The molecule has 150 valence electrons. The molecule has 6 heteroatoms. The number of ether oxygens (including phenoxy) is 1. The van der Waals surface area contributed by atoms with Gasteiger partial charge in [-0.05, 0) is 17.8 Å². The van der Waals surface area contributed by atoms with E-state index in [1.54, 1.807) is 0 Å². The van der Waals surface area contributed by atoms with Crippen LogP contribution in [-0.2, 0) is 4.74 Å². The fraction of sp³-hybridized carbons (Fsp3) is 0.947. The number of carbonyl (C=O) groups is 1. The second-order valence-electron chi connectivity index (χ2n) is 8.35. The van der Waals surface area contributed by atoms with Gasteiger partial charge in [0.25, 0.3) is 0 Å². The molecular weight excluding hydrogens is 338 g/mol.